The predicted octanol–water partition coefficient (Wildman–Crippen LogP) is 1.33. The zero-order chi connectivity index (χ0) is 12.3. The van der Waals surface area contributed by atoms with Crippen molar-refractivity contribution in [3.63, 3.8) is 0 Å². The van der Waals surface area contributed by atoms with E-state index in [0.29, 0.717) is 6.42 Å². The van der Waals surface area contributed by atoms with Crippen LogP contribution in [-0.4, -0.2) is 28.4 Å². The van der Waals surface area contributed by atoms with E-state index < -0.39 is 0 Å². The molecule has 1 aliphatic rings. The minimum Gasteiger partial charge on any atom is -0.479 e. The molecule has 0 radical (unpaired) electrons. The number of nitrogens with zero attached hydrogens (tertiary/aromatic N) is 2. The maximum atomic E-state index is 12.1. The van der Waals surface area contributed by atoms with Gasteiger partial charge in [0.15, 0.2) is 11.5 Å². The number of hydrogen-bond acceptors (Lipinski definition) is 5. The Kier molecular flexibility index (Phi) is 3.38. The minimum absolute atomic E-state index is 0.0839. The normalized spacial score (nSPS) is 18.0. The SMILES string of the molecule is COc1nccnc1C(=O)CC1(N)CCCC1. The van der Waals surface area contributed by atoms with Crippen LogP contribution in [0.15, 0.2) is 12.4 Å². The highest BCUT2D eigenvalue weighted by Crippen LogP contribution is 2.31. The van der Waals surface area contributed by atoms with Crippen molar-refractivity contribution in [2.45, 2.75) is 37.6 Å². The van der Waals surface area contributed by atoms with E-state index in [-0.39, 0.29) is 22.9 Å². The summed E-state index contributed by atoms with van der Waals surface area (Å²) in [5, 5.41) is 0. The molecule has 1 saturated carbocycles. The Morgan fingerprint density at radius 1 is 1.41 bits per heavy atom. The van der Waals surface area contributed by atoms with E-state index in [2.05, 4.69) is 9.97 Å². The van der Waals surface area contributed by atoms with Crippen molar-refractivity contribution in [1.29, 1.82) is 0 Å². The lowest BCUT2D eigenvalue weighted by atomic mass is 9.91. The van der Waals surface area contributed by atoms with Gasteiger partial charge in [-0.2, -0.15) is 0 Å². The number of carbonyl (C=O) groups excluding carboxylic acids is 1. The summed E-state index contributed by atoms with van der Waals surface area (Å²) in [7, 11) is 1.48. The van der Waals surface area contributed by atoms with E-state index in [4.69, 9.17) is 10.5 Å². The highest BCUT2D eigenvalue weighted by atomic mass is 16.5. The number of rotatable bonds is 4. The molecule has 0 amide bonds. The third-order valence-electron chi connectivity index (χ3n) is 3.23. The molecule has 5 nitrogen and oxygen atoms in total. The molecule has 92 valence electrons. The van der Waals surface area contributed by atoms with Crippen LogP contribution in [0.2, 0.25) is 0 Å². The van der Waals surface area contributed by atoms with Crippen LogP contribution in [0.3, 0.4) is 0 Å². The average molecular weight is 235 g/mol. The quantitative estimate of drug-likeness (QED) is 0.796. The fourth-order valence-electron chi connectivity index (χ4n) is 2.33. The summed E-state index contributed by atoms with van der Waals surface area (Å²) in [6.07, 6.45) is 7.32. The van der Waals surface area contributed by atoms with Crippen LogP contribution in [0.1, 0.15) is 42.6 Å². The van der Waals surface area contributed by atoms with E-state index in [1.54, 1.807) is 0 Å². The van der Waals surface area contributed by atoms with Crippen molar-refractivity contribution in [2.75, 3.05) is 7.11 Å². The number of ether oxygens (including phenoxy) is 1. The standard InChI is InChI=1S/C12H17N3O2/c1-17-11-10(14-6-7-15-11)9(16)8-12(13)4-2-3-5-12/h6-7H,2-5,8,13H2,1H3. The molecule has 1 fully saturated rings. The van der Waals surface area contributed by atoms with E-state index in [1.807, 2.05) is 0 Å². The third-order valence-corrected chi connectivity index (χ3v) is 3.23. The average Bonchev–Trinajstić information content (AvgIpc) is 2.75. The Morgan fingerprint density at radius 2 is 2.06 bits per heavy atom. The number of Topliss-reactive ketones (excluding diaryl/α,β-unsaturated/α-hetero) is 1. The number of aromatic nitrogens is 2. The van der Waals surface area contributed by atoms with E-state index >= 15 is 0 Å². The molecule has 0 spiro atoms. The van der Waals surface area contributed by atoms with Crippen LogP contribution >= 0.6 is 0 Å². The summed E-state index contributed by atoms with van der Waals surface area (Å²) in [5.41, 5.74) is 6.10. The van der Waals surface area contributed by atoms with Gasteiger partial charge in [0.05, 0.1) is 7.11 Å². The molecule has 17 heavy (non-hydrogen) atoms. The van der Waals surface area contributed by atoms with Crippen molar-refractivity contribution in [1.82, 2.24) is 9.97 Å². The van der Waals surface area contributed by atoms with E-state index in [9.17, 15) is 4.79 Å². The number of methoxy groups -OCH3 is 1. The molecule has 0 aromatic carbocycles. The first-order valence-electron chi connectivity index (χ1n) is 5.82. The first-order chi connectivity index (χ1) is 8.14. The molecular weight excluding hydrogens is 218 g/mol. The number of ketones is 1. The monoisotopic (exact) mass is 235 g/mol. The molecule has 2 rings (SSSR count). The van der Waals surface area contributed by atoms with Crippen LogP contribution in [0.5, 0.6) is 5.88 Å². The van der Waals surface area contributed by atoms with Crippen molar-refractivity contribution in [3.05, 3.63) is 18.1 Å². The number of hydrogen-bond donors (Lipinski definition) is 1. The zero-order valence-electron chi connectivity index (χ0n) is 9.98. The van der Waals surface area contributed by atoms with Gasteiger partial charge in [0.25, 0.3) is 0 Å². The maximum absolute atomic E-state index is 12.1. The fraction of sp³-hybridized carbons (Fsp3) is 0.583. The summed E-state index contributed by atoms with van der Waals surface area (Å²) in [6.45, 7) is 0. The summed E-state index contributed by atoms with van der Waals surface area (Å²) in [4.78, 5) is 20.1. The molecule has 1 heterocycles. The molecule has 0 unspecified atom stereocenters. The van der Waals surface area contributed by atoms with E-state index in [0.717, 1.165) is 25.7 Å². The molecule has 0 aliphatic heterocycles. The Morgan fingerprint density at radius 3 is 2.71 bits per heavy atom. The Balaban J connectivity index is 2.14. The molecule has 0 bridgehead atoms. The maximum Gasteiger partial charge on any atom is 0.243 e. The van der Waals surface area contributed by atoms with Gasteiger partial charge in [-0.3, -0.25) is 4.79 Å². The van der Waals surface area contributed by atoms with Crippen LogP contribution in [0.4, 0.5) is 0 Å². The Bertz CT molecular complexity index is 414. The van der Waals surface area contributed by atoms with Crippen LogP contribution < -0.4 is 10.5 Å². The first kappa shape index (κ1) is 12.0. The van der Waals surface area contributed by atoms with Gasteiger partial charge >= 0.3 is 0 Å². The van der Waals surface area contributed by atoms with Crippen LogP contribution in [0, 0.1) is 0 Å². The van der Waals surface area contributed by atoms with Gasteiger partial charge in [-0.15, -0.1) is 0 Å². The molecule has 5 heteroatoms. The predicted molar refractivity (Wildman–Crippen MR) is 62.9 cm³/mol. The van der Waals surface area contributed by atoms with Crippen molar-refractivity contribution < 1.29 is 9.53 Å². The molecule has 0 atom stereocenters. The summed E-state index contributed by atoms with van der Waals surface area (Å²) in [5.74, 6) is 0.193. The summed E-state index contributed by atoms with van der Waals surface area (Å²) < 4.78 is 5.03. The van der Waals surface area contributed by atoms with E-state index in [1.165, 1.54) is 19.5 Å². The van der Waals surface area contributed by atoms with Gasteiger partial charge in [0, 0.05) is 24.4 Å². The largest absolute Gasteiger partial charge is 0.479 e. The zero-order valence-corrected chi connectivity index (χ0v) is 9.98. The lowest BCUT2D eigenvalue weighted by Crippen LogP contribution is -2.38. The highest BCUT2D eigenvalue weighted by Gasteiger charge is 2.33. The van der Waals surface area contributed by atoms with Crippen molar-refractivity contribution in [2.24, 2.45) is 5.73 Å². The summed E-state index contributed by atoms with van der Waals surface area (Å²) >= 11 is 0. The highest BCUT2D eigenvalue weighted by molar-refractivity contribution is 5.96. The lowest BCUT2D eigenvalue weighted by Gasteiger charge is -2.22. The molecule has 2 N–H and O–H groups in total. The molecular formula is C12H17N3O2. The van der Waals surface area contributed by atoms with Gasteiger partial charge in [-0.25, -0.2) is 9.97 Å². The summed E-state index contributed by atoms with van der Waals surface area (Å²) in [6, 6.07) is 0. The van der Waals surface area contributed by atoms with Crippen molar-refractivity contribution in [3.8, 4) is 5.88 Å². The second kappa shape index (κ2) is 4.79. The van der Waals surface area contributed by atoms with Gasteiger partial charge in [-0.1, -0.05) is 12.8 Å². The second-order valence-corrected chi connectivity index (χ2v) is 4.58. The van der Waals surface area contributed by atoms with Crippen LogP contribution in [-0.2, 0) is 0 Å². The van der Waals surface area contributed by atoms with Gasteiger partial charge < -0.3 is 10.5 Å². The number of carbonyl (C=O) groups is 1. The van der Waals surface area contributed by atoms with Gasteiger partial charge in [0.2, 0.25) is 5.88 Å². The minimum atomic E-state index is -0.361. The third kappa shape index (κ3) is 2.61. The molecule has 1 aliphatic carbocycles. The topological polar surface area (TPSA) is 78.1 Å². The lowest BCUT2D eigenvalue weighted by molar-refractivity contribution is 0.0943. The smallest absolute Gasteiger partial charge is 0.243 e. The molecule has 1 aromatic rings. The Labute approximate surface area is 100 Å². The van der Waals surface area contributed by atoms with Gasteiger partial charge in [-0.05, 0) is 12.8 Å². The Hall–Kier alpha value is -1.49. The molecule has 0 saturated heterocycles. The molecule has 1 aromatic heterocycles. The van der Waals surface area contributed by atoms with Gasteiger partial charge in [0.1, 0.15) is 0 Å². The van der Waals surface area contributed by atoms with Crippen LogP contribution in [0.25, 0.3) is 0 Å². The van der Waals surface area contributed by atoms with Crippen molar-refractivity contribution >= 4 is 5.78 Å². The second-order valence-electron chi connectivity index (χ2n) is 4.58. The fourth-order valence-corrected chi connectivity index (χ4v) is 2.33. The first-order valence-corrected chi connectivity index (χ1v) is 5.82. The number of nitrogens with two attached hydrogens (primary N) is 1.